The molecule has 0 aliphatic heterocycles. The molecule has 0 saturated heterocycles. The average molecular weight is 641 g/mol. The number of hydrogen-bond acceptors (Lipinski definition) is 7. The molecule has 0 aromatic rings. The zero-order valence-corrected chi connectivity index (χ0v) is 29.2. The van der Waals surface area contributed by atoms with E-state index >= 15 is 0 Å². The summed E-state index contributed by atoms with van der Waals surface area (Å²) >= 11 is 1.56. The van der Waals surface area contributed by atoms with Crippen molar-refractivity contribution in [1.29, 1.82) is 0 Å². The fraction of sp³-hybridized carbons (Fsp3) is 0.917. The van der Waals surface area contributed by atoms with Crippen molar-refractivity contribution in [3.63, 3.8) is 0 Å². The van der Waals surface area contributed by atoms with Gasteiger partial charge in [0.05, 0.1) is 11.7 Å². The van der Waals surface area contributed by atoms with E-state index in [-0.39, 0.29) is 13.3 Å². The van der Waals surface area contributed by atoms with E-state index in [2.05, 4.69) is 41.5 Å². The predicted molar refractivity (Wildman–Crippen MR) is 199 cm³/mol. The van der Waals surface area contributed by atoms with Crippen LogP contribution in [0.25, 0.3) is 0 Å². The fourth-order valence-electron chi connectivity index (χ4n) is 1.41. The van der Waals surface area contributed by atoms with E-state index in [1.54, 1.807) is 18.7 Å². The first-order valence-electron chi connectivity index (χ1n) is 12.3. The third-order valence-corrected chi connectivity index (χ3v) is 11.4. The summed E-state index contributed by atoms with van der Waals surface area (Å²) in [6, 6.07) is 0. The Morgan fingerprint density at radius 2 is 1.18 bits per heavy atom. The Morgan fingerprint density at radius 1 is 0.868 bits per heavy atom. The molecule has 0 aliphatic rings. The lowest BCUT2D eigenvalue weighted by molar-refractivity contribution is -0.115. The van der Waals surface area contributed by atoms with Crippen LogP contribution in [0.15, 0.2) is 0 Å². The molecule has 0 radical (unpaired) electrons. The third-order valence-electron chi connectivity index (χ3n) is 3.19. The van der Waals surface area contributed by atoms with Gasteiger partial charge in [0.2, 0.25) is 0 Å². The summed E-state index contributed by atoms with van der Waals surface area (Å²) in [6.07, 6.45) is 10.6. The van der Waals surface area contributed by atoms with Gasteiger partial charge in [-0.05, 0) is 61.7 Å². The van der Waals surface area contributed by atoms with Gasteiger partial charge in [0.15, 0.2) is 5.12 Å². The number of Topliss-reactive ketones (excluding diaryl/α,β-unsaturated/α-hetero) is 1. The highest BCUT2D eigenvalue weighted by Gasteiger charge is 2.22. The van der Waals surface area contributed by atoms with E-state index in [4.69, 9.17) is 9.29 Å². The molecule has 0 aliphatic carbocycles. The molecule has 0 fully saturated rings. The second kappa shape index (κ2) is 36.1. The van der Waals surface area contributed by atoms with Crippen molar-refractivity contribution in [2.45, 2.75) is 82.5 Å². The molecule has 0 aromatic heterocycles. The Kier molecular flexibility index (Phi) is 49.1. The minimum Gasteiger partial charge on any atom is -0.400 e. The number of carbonyl (C=O) groups is 2. The number of ketones is 1. The van der Waals surface area contributed by atoms with Gasteiger partial charge in [-0.25, -0.2) is 4.18 Å². The minimum absolute atomic E-state index is 0.167. The van der Waals surface area contributed by atoms with E-state index in [0.29, 0.717) is 33.5 Å². The lowest BCUT2D eigenvalue weighted by Crippen LogP contribution is -2.11. The first kappa shape index (κ1) is 51.8. The second-order valence-electron chi connectivity index (χ2n) is 6.41. The topological polar surface area (TPSA) is 97.7 Å². The van der Waals surface area contributed by atoms with Crippen molar-refractivity contribution in [3.8, 4) is 0 Å². The van der Waals surface area contributed by atoms with Crippen LogP contribution >= 0.6 is 34.6 Å². The number of thioether (sulfide) groups is 1. The summed E-state index contributed by atoms with van der Waals surface area (Å²) in [7, 11) is -2.15. The van der Waals surface area contributed by atoms with Crippen molar-refractivity contribution in [3.05, 3.63) is 0 Å². The van der Waals surface area contributed by atoms with Gasteiger partial charge >= 0.3 is 0 Å². The van der Waals surface area contributed by atoms with Gasteiger partial charge in [0.1, 0.15) is 27.3 Å². The zero-order chi connectivity index (χ0) is 31.8. The Bertz CT molecular complexity index is 601. The molecule has 0 unspecified atom stereocenters. The highest BCUT2D eigenvalue weighted by molar-refractivity contribution is 8.22. The van der Waals surface area contributed by atoms with Gasteiger partial charge in [-0.2, -0.15) is 14.7 Å². The third kappa shape index (κ3) is 57.1. The molecule has 0 atom stereocenters. The van der Waals surface area contributed by atoms with Crippen LogP contribution in [0.3, 0.4) is 0 Å². The molecule has 0 amide bonds. The molecule has 38 heavy (non-hydrogen) atoms. The van der Waals surface area contributed by atoms with Crippen molar-refractivity contribution >= 4 is 78.6 Å². The minimum atomic E-state index is -3.21. The number of aliphatic hydroxyl groups is 1. The molecule has 6 nitrogen and oxygen atoms in total. The molecule has 0 saturated carbocycles. The van der Waals surface area contributed by atoms with Crippen LogP contribution in [-0.4, -0.2) is 109 Å². The lowest BCUT2D eigenvalue weighted by Gasteiger charge is -2.25. The number of aliphatic hydroxyl groups excluding tert-OH is 1. The molecule has 0 aromatic carbocycles. The summed E-state index contributed by atoms with van der Waals surface area (Å²) in [6.45, 7) is 22.5. The Labute approximate surface area is 249 Å². The smallest absolute Gasteiger partial charge is 0.267 e. The van der Waals surface area contributed by atoms with Crippen LogP contribution in [0.2, 0.25) is 6.32 Å². The Morgan fingerprint density at radius 3 is 1.34 bits per heavy atom. The van der Waals surface area contributed by atoms with Crippen molar-refractivity contribution in [2.24, 2.45) is 0 Å². The quantitative estimate of drug-likeness (QED) is 0.196. The van der Waals surface area contributed by atoms with Crippen molar-refractivity contribution in [2.75, 3.05) is 61.7 Å². The highest BCUT2D eigenvalue weighted by Crippen LogP contribution is 2.55. The van der Waals surface area contributed by atoms with Gasteiger partial charge in [-0.3, -0.25) is 4.79 Å². The molecule has 1 N–H and O–H groups in total. The van der Waals surface area contributed by atoms with Gasteiger partial charge in [-0.1, -0.05) is 39.5 Å². The van der Waals surface area contributed by atoms with Crippen molar-refractivity contribution < 1.29 is 27.3 Å². The standard InChI is InChI=1S/C7H18BOPS.C6H18BO3PS.C4H11P.C3H6O.C2H8BO.C2H6/c1-4-10(8,5-2)6-11-7(3)9;1-4-11(7,5-2)6-10-12(3,8)9;1-3-5-4-2;1-3(2)4;3-1-2-4;1-2/h4-6H2,1-3,8H3;4-6H2,1-3,7H3;5H,3-4H2,1-2H3;1-2H3;4H,1-2H2,3H3;1-2H3/q;;;;-1;. The lowest BCUT2D eigenvalue weighted by atomic mass is 10.1. The van der Waals surface area contributed by atoms with Gasteiger partial charge in [0.25, 0.3) is 10.1 Å². The Balaban J connectivity index is -0.0000000895. The number of carbonyl (C=O) groups excluding carboxylic acids is 2. The van der Waals surface area contributed by atoms with Crippen LogP contribution in [0.1, 0.15) is 76.2 Å². The fourth-order valence-corrected chi connectivity index (χ4v) is 7.45. The molecular formula is C24H67B3O6P3S2-. The van der Waals surface area contributed by atoms with Crippen LogP contribution < -0.4 is 0 Å². The molecule has 0 bridgehead atoms. The maximum Gasteiger partial charge on any atom is 0.267 e. The van der Waals surface area contributed by atoms with E-state index in [9.17, 15) is 18.0 Å². The van der Waals surface area contributed by atoms with Crippen LogP contribution in [0, 0.1) is 0 Å². The second-order valence-corrected chi connectivity index (χ2v) is 17.3. The van der Waals surface area contributed by atoms with Gasteiger partial charge in [-0.15, -0.1) is 22.9 Å². The van der Waals surface area contributed by atoms with Crippen molar-refractivity contribution in [1.82, 2.24) is 0 Å². The summed E-state index contributed by atoms with van der Waals surface area (Å²) in [5.74, 6) is 0.167. The molecule has 236 valence electrons. The van der Waals surface area contributed by atoms with Crippen LogP contribution in [0.5, 0.6) is 0 Å². The van der Waals surface area contributed by atoms with Gasteiger partial charge < -0.3 is 9.90 Å². The van der Waals surface area contributed by atoms with E-state index in [0.717, 1.165) is 24.9 Å². The van der Waals surface area contributed by atoms with E-state index in [1.807, 2.05) is 13.8 Å². The summed E-state index contributed by atoms with van der Waals surface area (Å²) in [4.78, 5) is 20.2. The number of rotatable bonds is 12. The Hall–Kier alpha value is 1.04. The average Bonchev–Trinajstić information content (AvgIpc) is 2.87. The van der Waals surface area contributed by atoms with Gasteiger partial charge in [0, 0.05) is 38.2 Å². The summed E-state index contributed by atoms with van der Waals surface area (Å²) in [5.41, 5.74) is 1.19. The zero-order valence-electron chi connectivity index (χ0n) is 24.8. The normalized spacial score (nSPS) is 10.3. The first-order chi connectivity index (χ1) is 17.4. The monoisotopic (exact) mass is 641 g/mol. The SMILES string of the molecule is CC.CC(C)=O.CCPCC.[BH3-]CCO.[BH3-][P+](CC)(CC)COS(C)(=O)=O.[BH3-][P+](CC)(CC)CSC(C)=O. The van der Waals surface area contributed by atoms with E-state index < -0.39 is 24.4 Å². The summed E-state index contributed by atoms with van der Waals surface area (Å²) < 4.78 is 26.3. The molecule has 0 spiro atoms. The molecule has 0 heterocycles. The maximum absolute atomic E-state index is 10.7. The molecular weight excluding hydrogens is 574 g/mol. The highest BCUT2D eigenvalue weighted by atomic mass is 32.2. The number of hydrogen-bond donors (Lipinski definition) is 1. The predicted octanol–water partition coefficient (Wildman–Crippen LogP) is 3.91. The largest absolute Gasteiger partial charge is 0.400 e. The molecule has 0 rings (SSSR count). The van der Waals surface area contributed by atoms with E-state index in [1.165, 1.54) is 52.6 Å². The maximum atomic E-state index is 10.7. The van der Waals surface area contributed by atoms with Crippen LogP contribution in [-0.2, 0) is 23.9 Å². The summed E-state index contributed by atoms with van der Waals surface area (Å²) in [5, 5.41) is 8.24. The van der Waals surface area contributed by atoms with Crippen LogP contribution in [0.4, 0.5) is 0 Å². The molecule has 14 heteroatoms. The first-order valence-corrected chi connectivity index (χ1v) is 20.3.